The molecule has 25 nitrogen and oxygen atoms in total. The Kier molecular flexibility index (Phi) is 54.7. The van der Waals surface area contributed by atoms with Gasteiger partial charge in [-0.15, -0.1) is 0 Å². The van der Waals surface area contributed by atoms with Crippen LogP contribution in [0.4, 0.5) is 9.59 Å². The number of aliphatic hydroxyl groups is 4. The normalized spacial score (nSPS) is 16.3. The van der Waals surface area contributed by atoms with Crippen LogP contribution in [0.5, 0.6) is 0 Å². The first kappa shape index (κ1) is 121. The van der Waals surface area contributed by atoms with Crippen molar-refractivity contribution in [2.45, 2.75) is 201 Å². The summed E-state index contributed by atoms with van der Waals surface area (Å²) in [6.07, 6.45) is 17.0. The zero-order valence-electron chi connectivity index (χ0n) is 69.6. The molecular weight excluding hydrogens is 1980 g/mol. The van der Waals surface area contributed by atoms with Crippen LogP contribution in [0, 0.1) is 38.0 Å². The fourth-order valence-corrected chi connectivity index (χ4v) is 12.5. The molecule has 2 amide bonds. The van der Waals surface area contributed by atoms with E-state index in [4.69, 9.17) is 47.5 Å². The van der Waals surface area contributed by atoms with Gasteiger partial charge < -0.3 is 110 Å². The van der Waals surface area contributed by atoms with E-state index in [-0.39, 0.29) is 186 Å². The second kappa shape index (κ2) is 54.1. The molecule has 0 aliphatic carbocycles. The first-order chi connectivity index (χ1) is 51.9. The van der Waals surface area contributed by atoms with Crippen molar-refractivity contribution in [3.05, 3.63) is 261 Å². The van der Waals surface area contributed by atoms with E-state index in [1.807, 2.05) is 157 Å². The number of halogens is 7. The summed E-state index contributed by atoms with van der Waals surface area (Å²) in [7, 11) is -0.419. The predicted molar refractivity (Wildman–Crippen MR) is 472 cm³/mol. The second-order valence-corrected chi connectivity index (χ2v) is 33.5. The number of nitriles is 1. The van der Waals surface area contributed by atoms with Crippen molar-refractivity contribution in [3.63, 3.8) is 0 Å². The van der Waals surface area contributed by atoms with E-state index in [1.54, 1.807) is 115 Å². The Morgan fingerprint density at radius 1 is 0.533 bits per heavy atom. The average Bonchev–Trinajstić information content (AvgIpc) is 1.75. The molecule has 4 aromatic carbocycles. The monoisotopic (exact) mass is 2080 g/mol. The van der Waals surface area contributed by atoms with Crippen molar-refractivity contribution in [2.75, 3.05) is 13.1 Å². The van der Waals surface area contributed by atoms with Crippen LogP contribution in [0.25, 0.3) is 11.1 Å². The zero-order chi connectivity index (χ0) is 82.5. The summed E-state index contributed by atoms with van der Waals surface area (Å²) >= 11 is 18.0. The topological polar surface area (TPSA) is 352 Å². The minimum atomic E-state index is -1.09. The Hall–Kier alpha value is -5.00. The first-order valence-electron chi connectivity index (χ1n) is 35.0. The number of rotatable bonds is 15. The van der Waals surface area contributed by atoms with Crippen LogP contribution < -0.4 is 69.0 Å². The molecule has 0 radical (unpaired) electrons. The predicted octanol–water partition coefficient (Wildman–Crippen LogP) is 8.71. The van der Waals surface area contributed by atoms with Crippen LogP contribution in [0.15, 0.2) is 189 Å². The fourth-order valence-electron chi connectivity index (χ4n) is 11.6. The van der Waals surface area contributed by atoms with Crippen molar-refractivity contribution in [3.8, 4) is 17.2 Å². The van der Waals surface area contributed by atoms with E-state index in [2.05, 4.69) is 114 Å². The van der Waals surface area contributed by atoms with E-state index in [0.29, 0.717) is 50.4 Å². The number of Topliss-reactive ketones (excluding diaryl/α,β-unsaturated/α-hetero) is 1. The van der Waals surface area contributed by atoms with Gasteiger partial charge in [-0.3, -0.25) is 4.79 Å². The molecule has 3 aliphatic rings. The number of aromatic nitrogens is 10. The van der Waals surface area contributed by atoms with Gasteiger partial charge in [-0.2, -0.15) is 5.26 Å². The van der Waals surface area contributed by atoms with Crippen LogP contribution in [0.3, 0.4) is 0 Å². The summed E-state index contributed by atoms with van der Waals surface area (Å²) < 4.78 is 27.8. The van der Waals surface area contributed by atoms with Gasteiger partial charge in [0, 0.05) is 113 Å². The molecule has 634 valence electrons. The molecule has 0 bridgehead atoms. The maximum atomic E-state index is 13.3. The molecule has 4 N–H and O–H groups in total. The molecule has 0 unspecified atom stereocenters. The van der Waals surface area contributed by atoms with E-state index < -0.39 is 51.9 Å². The third-order valence-corrected chi connectivity index (χ3v) is 19.6. The minimum absolute atomic E-state index is 0. The Morgan fingerprint density at radius 3 is 1.14 bits per heavy atom. The van der Waals surface area contributed by atoms with Crippen LogP contribution in [0.1, 0.15) is 207 Å². The van der Waals surface area contributed by atoms with E-state index in [0.717, 1.165) is 56.7 Å². The zero-order valence-corrected chi connectivity index (χ0v) is 84.7. The van der Waals surface area contributed by atoms with Gasteiger partial charge in [0.2, 0.25) is 11.1 Å². The molecule has 0 saturated carbocycles. The van der Waals surface area contributed by atoms with Gasteiger partial charge in [0.15, 0.2) is 23.3 Å². The number of benzene rings is 4. The molecule has 120 heavy (non-hydrogen) atoms. The standard InChI is InChI=1S/C29H35N3O4.C28H38BNO5.C7H9BrN2O.C6H5BrN2O.C5H2BrN3.C4H2BrClN2.CN.2CH4.2CH3.2BrH.2Mg.Na/c1-20(21-11-13-22(14-12-21)23-17-30-25(31-18-23)28(4,5)35)32-16-15-29(36-26(32)33,19-27(2,3)34)24-9-7-6-8-10-24;1-20(21-13-15-23(16-14-21)29-34-26(4,5)27(6,7)35-29)30-18-17-28(33-24(30)31,19-25(2,3)32)22-11-9-8-10-12-22;1-7(2,11)6-9-3-5(8)4-10-6;1-4(10)6-8-2-5(7)3-9-6;6-4-2-8-5(1-7)9-3-4;5-3-1-7-4(6)8-2-3;1-2;;;;;;;;;/h6-14,17-18,20,34-35H,15-16,19H2,1-5H3;8-16,20,32H,17-19H2,1-7H3;3-4,11H,1-2H3;2-3H,1H3;2-3H;1-2H;;2*1H4;2*1H3;2*1H;;;/q;;;;;;-1;;;2*-1;;;2*+2;+1/p-2/t20-,29-;20-,28-;;;;;;;;;;;;;;/m00............../s1. The number of hydrogen-bond acceptors (Lipinski definition) is 23. The van der Waals surface area contributed by atoms with Gasteiger partial charge >= 0.3 is 95.0 Å². The number of ether oxygens (including phenoxy) is 2. The largest absolute Gasteiger partial charge is 2.00 e. The molecule has 8 heterocycles. The Balaban J connectivity index is -0.000000733. The third-order valence-electron chi connectivity index (χ3n) is 17.8. The van der Waals surface area contributed by atoms with Gasteiger partial charge in [-0.25, -0.2) is 59.4 Å². The number of hydrogen-bond donors (Lipinski definition) is 4. The van der Waals surface area contributed by atoms with Crippen molar-refractivity contribution < 1.29 is 117 Å². The van der Waals surface area contributed by atoms with Crippen LogP contribution in [-0.2, 0) is 41.2 Å². The number of cyclic esters (lactones) is 2. The number of carbonyl (C=O) groups excluding carboxylic acids is 3. The maximum Gasteiger partial charge on any atom is 2.00 e. The summed E-state index contributed by atoms with van der Waals surface area (Å²) in [5, 5.41) is 55.4. The quantitative estimate of drug-likeness (QED) is 0.0322. The van der Waals surface area contributed by atoms with Gasteiger partial charge in [0.05, 0.1) is 52.4 Å². The van der Waals surface area contributed by atoms with Crippen LogP contribution in [0.2, 0.25) is 5.28 Å². The number of amides is 2. The summed E-state index contributed by atoms with van der Waals surface area (Å²) in [6.45, 7) is 33.0. The number of ketones is 1. The Labute approximate surface area is 823 Å². The van der Waals surface area contributed by atoms with Gasteiger partial charge in [-0.05, 0) is 206 Å². The first-order valence-corrected chi connectivity index (χ1v) is 38.6. The molecular formula is C84H105BBr6ClMg2N14NaO11. The summed E-state index contributed by atoms with van der Waals surface area (Å²) in [6, 6.07) is 36.9. The van der Waals surface area contributed by atoms with Crippen molar-refractivity contribution >= 4 is 152 Å². The molecule has 3 fully saturated rings. The third kappa shape index (κ3) is 36.9. The minimum Gasteiger partial charge on any atom is -1.00 e. The van der Waals surface area contributed by atoms with Crippen molar-refractivity contribution in [1.82, 2.24) is 59.6 Å². The Morgan fingerprint density at radius 2 is 0.842 bits per heavy atom. The van der Waals surface area contributed by atoms with Gasteiger partial charge in [-0.1, -0.05) is 124 Å². The van der Waals surface area contributed by atoms with E-state index in [9.17, 15) is 34.8 Å². The van der Waals surface area contributed by atoms with E-state index >= 15 is 0 Å². The molecule has 9 aromatic rings. The van der Waals surface area contributed by atoms with Crippen LogP contribution in [-0.4, -0.2) is 187 Å². The Bertz CT molecular complexity index is 4520. The molecule has 12 rings (SSSR count). The van der Waals surface area contributed by atoms with E-state index in [1.165, 1.54) is 19.3 Å². The summed E-state index contributed by atoms with van der Waals surface area (Å²) in [5.41, 5.74) is 0.0235. The average molecular weight is 2080 g/mol. The smallest absolute Gasteiger partial charge is 1.00 e. The maximum absolute atomic E-state index is 13.3. The van der Waals surface area contributed by atoms with Crippen molar-refractivity contribution in [2.24, 2.45) is 0 Å². The molecule has 4 atom stereocenters. The molecule has 5 aromatic heterocycles. The second-order valence-electron chi connectivity index (χ2n) is 29.5. The van der Waals surface area contributed by atoms with Crippen molar-refractivity contribution in [1.29, 1.82) is 10.5 Å². The van der Waals surface area contributed by atoms with Gasteiger partial charge in [0.25, 0.3) is 0 Å². The van der Waals surface area contributed by atoms with Crippen LogP contribution >= 0.6 is 75.3 Å². The number of carbonyl (C=O) groups is 3. The fraction of sp³-hybridized carbons (Fsp3) is 0.393. The summed E-state index contributed by atoms with van der Waals surface area (Å²) in [5.74, 6) is 1.13. The summed E-state index contributed by atoms with van der Waals surface area (Å²) in [4.78, 5) is 79.4. The molecule has 36 heteroatoms. The SMILES string of the molecule is C.C.CC(=O)c1ncc(Br)cn1.CC(C)(O)c1ncc(Br)cn1.C[C@@H](c1ccc(-c2cnc(C(C)(C)O)nc2)cc1)N1CC[C@](CC(C)(C)O)(c2ccccc2)OC1=O.C[C@@H](c1ccc(B2OC(C)(C)C(C)(C)O2)cc1)N1CC[C@](CC(C)(C)O)(c2ccccc2)OC1=O.Clc1ncc(Br)cn1.N#Cc1ncc(Br)cn1.[Br-].[Br-].[C-]#N.[CH3-].[CH3-].[Mg+2].[Mg+2].[Na+]. The molecule has 3 saturated heterocycles. The molecule has 3 aliphatic heterocycles. The van der Waals surface area contributed by atoms with Gasteiger partial charge in [0.1, 0.15) is 28.5 Å². The number of nitrogens with zero attached hydrogens (tertiary/aromatic N) is 14. The molecule has 0 spiro atoms.